The van der Waals surface area contributed by atoms with E-state index in [4.69, 9.17) is 11.6 Å². The maximum atomic E-state index is 12.0. The van der Waals surface area contributed by atoms with Crippen molar-refractivity contribution in [2.45, 2.75) is 102 Å². The average molecular weight is 394 g/mol. The summed E-state index contributed by atoms with van der Waals surface area (Å²) >= 11 is 6.29. The molecule has 0 amide bonds. The van der Waals surface area contributed by atoms with E-state index in [1.165, 1.54) is 77.0 Å². The molecule has 0 spiro atoms. The molecule has 1 unspecified atom stereocenters. The van der Waals surface area contributed by atoms with Crippen LogP contribution in [0.5, 0.6) is 0 Å². The molecule has 3 heteroatoms. The van der Waals surface area contributed by atoms with Crippen LogP contribution in [-0.2, 0) is 0 Å². The van der Waals surface area contributed by atoms with Gasteiger partial charge in [0.05, 0.1) is 12.0 Å². The Hall–Kier alpha value is -0.860. The van der Waals surface area contributed by atoms with Gasteiger partial charge in [0, 0.05) is 5.56 Å². The van der Waals surface area contributed by atoms with Crippen molar-refractivity contribution in [2.24, 2.45) is 0 Å². The fourth-order valence-electron chi connectivity index (χ4n) is 3.37. The number of carbonyl (C=O) groups is 1. The van der Waals surface area contributed by atoms with Crippen LogP contribution >= 0.6 is 11.6 Å². The Kier molecular flexibility index (Phi) is 15.4. The second kappa shape index (κ2) is 17.3. The fraction of sp³-hybridized carbons (Fsp3) is 0.708. The lowest BCUT2D eigenvalue weighted by atomic mass is 10.0. The summed E-state index contributed by atoms with van der Waals surface area (Å²) in [5, 5.41) is 3.14. The van der Waals surface area contributed by atoms with Gasteiger partial charge in [-0.3, -0.25) is 10.1 Å². The first-order valence-electron chi connectivity index (χ1n) is 11.2. The molecule has 0 bridgehead atoms. The van der Waals surface area contributed by atoms with Crippen molar-refractivity contribution in [2.75, 3.05) is 6.54 Å². The van der Waals surface area contributed by atoms with Crippen molar-refractivity contribution >= 4 is 17.4 Å². The zero-order valence-electron chi connectivity index (χ0n) is 17.4. The number of Topliss-reactive ketones (excluding diaryl/α,β-unsaturated/α-hetero) is 1. The highest BCUT2D eigenvalue weighted by atomic mass is 35.5. The molecule has 0 radical (unpaired) electrons. The zero-order valence-corrected chi connectivity index (χ0v) is 18.1. The lowest BCUT2D eigenvalue weighted by molar-refractivity contribution is 0.0989. The van der Waals surface area contributed by atoms with Crippen LogP contribution in [0.15, 0.2) is 30.3 Å². The van der Waals surface area contributed by atoms with Gasteiger partial charge in [-0.05, 0) is 6.42 Å². The Morgan fingerprint density at radius 3 is 1.81 bits per heavy atom. The van der Waals surface area contributed by atoms with Crippen LogP contribution in [0.1, 0.15) is 107 Å². The number of benzene rings is 1. The van der Waals surface area contributed by atoms with E-state index < -0.39 is 0 Å². The lowest BCUT2D eigenvalue weighted by Crippen LogP contribution is -2.29. The van der Waals surface area contributed by atoms with Gasteiger partial charge in [0.2, 0.25) is 0 Å². The van der Waals surface area contributed by atoms with Gasteiger partial charge in [-0.1, -0.05) is 121 Å². The first-order chi connectivity index (χ1) is 13.2. The second-order valence-electron chi connectivity index (χ2n) is 7.67. The lowest BCUT2D eigenvalue weighted by Gasteiger charge is -2.11. The summed E-state index contributed by atoms with van der Waals surface area (Å²) in [7, 11) is 0. The highest BCUT2D eigenvalue weighted by Gasteiger charge is 2.08. The van der Waals surface area contributed by atoms with Gasteiger partial charge in [0.25, 0.3) is 0 Å². The molecule has 154 valence electrons. The summed E-state index contributed by atoms with van der Waals surface area (Å²) in [6, 6.07) is 9.39. The summed E-state index contributed by atoms with van der Waals surface area (Å²) in [6.45, 7) is 2.59. The highest BCUT2D eigenvalue weighted by molar-refractivity contribution is 6.20. The minimum absolute atomic E-state index is 0.103. The molecule has 1 rings (SSSR count). The predicted octanol–water partition coefficient (Wildman–Crippen LogP) is 7.51. The van der Waals surface area contributed by atoms with Crippen LogP contribution in [0, 0.1) is 0 Å². The molecule has 1 atom stereocenters. The molecular formula is C24H40ClNO. The third-order valence-corrected chi connectivity index (χ3v) is 5.51. The van der Waals surface area contributed by atoms with E-state index in [0.717, 1.165) is 18.4 Å². The average Bonchev–Trinajstić information content (AvgIpc) is 2.70. The van der Waals surface area contributed by atoms with E-state index in [2.05, 4.69) is 12.2 Å². The molecule has 1 N–H and O–H groups in total. The number of ketones is 1. The first-order valence-corrected chi connectivity index (χ1v) is 11.6. The fourth-order valence-corrected chi connectivity index (χ4v) is 3.60. The van der Waals surface area contributed by atoms with Crippen LogP contribution in [0.4, 0.5) is 0 Å². The molecule has 0 heterocycles. The molecule has 0 fully saturated rings. The minimum atomic E-state index is -0.106. The Bertz CT molecular complexity index is 463. The normalized spacial score (nSPS) is 12.2. The first kappa shape index (κ1) is 24.2. The third kappa shape index (κ3) is 13.9. The standard InChI is InChI=1S/C24H40ClNO/c1-2-3-4-5-6-7-8-9-10-11-12-13-17-20-24(25)26-21-23(27)22-18-15-14-16-19-22/h14-16,18-19,24,26H,2-13,17,20-21H2,1H3. The van der Waals surface area contributed by atoms with Gasteiger partial charge in [-0.15, -0.1) is 11.6 Å². The largest absolute Gasteiger partial charge is 0.294 e. The monoisotopic (exact) mass is 393 g/mol. The third-order valence-electron chi connectivity index (χ3n) is 5.14. The minimum Gasteiger partial charge on any atom is -0.294 e. The van der Waals surface area contributed by atoms with E-state index in [1.807, 2.05) is 30.3 Å². The predicted molar refractivity (Wildman–Crippen MR) is 119 cm³/mol. The van der Waals surface area contributed by atoms with Crippen LogP contribution in [0.25, 0.3) is 0 Å². The van der Waals surface area contributed by atoms with E-state index in [-0.39, 0.29) is 11.3 Å². The number of halogens is 1. The van der Waals surface area contributed by atoms with E-state index >= 15 is 0 Å². The molecule has 1 aromatic rings. The topological polar surface area (TPSA) is 29.1 Å². The zero-order chi connectivity index (χ0) is 19.6. The number of unbranched alkanes of at least 4 members (excludes halogenated alkanes) is 12. The quantitative estimate of drug-likeness (QED) is 0.121. The van der Waals surface area contributed by atoms with Crippen molar-refractivity contribution in [1.29, 1.82) is 0 Å². The van der Waals surface area contributed by atoms with Gasteiger partial charge in [-0.25, -0.2) is 0 Å². The molecule has 0 saturated heterocycles. The maximum absolute atomic E-state index is 12.0. The molecule has 0 aliphatic heterocycles. The second-order valence-corrected chi connectivity index (χ2v) is 8.20. The van der Waals surface area contributed by atoms with Crippen molar-refractivity contribution in [3.63, 3.8) is 0 Å². The van der Waals surface area contributed by atoms with Crippen LogP contribution in [-0.4, -0.2) is 17.8 Å². The molecule has 0 aromatic heterocycles. The Balaban J connectivity index is 1.85. The summed E-state index contributed by atoms with van der Waals surface area (Å²) in [4.78, 5) is 12.0. The van der Waals surface area contributed by atoms with E-state index in [0.29, 0.717) is 6.54 Å². The van der Waals surface area contributed by atoms with Gasteiger partial charge < -0.3 is 0 Å². The summed E-state index contributed by atoms with van der Waals surface area (Å²) in [6.07, 6.45) is 18.6. The molecule has 27 heavy (non-hydrogen) atoms. The molecule has 0 aliphatic carbocycles. The van der Waals surface area contributed by atoms with Crippen molar-refractivity contribution < 1.29 is 4.79 Å². The Morgan fingerprint density at radius 2 is 1.30 bits per heavy atom. The van der Waals surface area contributed by atoms with E-state index in [9.17, 15) is 4.79 Å². The van der Waals surface area contributed by atoms with Gasteiger partial charge in [0.15, 0.2) is 5.78 Å². The summed E-state index contributed by atoms with van der Waals surface area (Å²) in [5.41, 5.74) is 0.639. The van der Waals surface area contributed by atoms with E-state index in [1.54, 1.807) is 0 Å². The molecule has 0 aliphatic rings. The van der Waals surface area contributed by atoms with Gasteiger partial charge in [0.1, 0.15) is 0 Å². The van der Waals surface area contributed by atoms with Crippen LogP contribution in [0.3, 0.4) is 0 Å². The van der Waals surface area contributed by atoms with Crippen LogP contribution in [0.2, 0.25) is 0 Å². The Morgan fingerprint density at radius 1 is 0.815 bits per heavy atom. The highest BCUT2D eigenvalue weighted by Crippen LogP contribution is 2.14. The number of rotatable bonds is 18. The number of alkyl halides is 1. The molecule has 0 saturated carbocycles. The van der Waals surface area contributed by atoms with Crippen LogP contribution < -0.4 is 5.32 Å². The summed E-state index contributed by atoms with van der Waals surface area (Å²) in [5.74, 6) is 0.103. The van der Waals surface area contributed by atoms with Gasteiger partial charge in [-0.2, -0.15) is 0 Å². The van der Waals surface area contributed by atoms with Gasteiger partial charge >= 0.3 is 0 Å². The maximum Gasteiger partial charge on any atom is 0.176 e. The molecular weight excluding hydrogens is 354 g/mol. The number of hydrogen-bond acceptors (Lipinski definition) is 2. The number of nitrogens with one attached hydrogen (secondary N) is 1. The van der Waals surface area contributed by atoms with Crippen molar-refractivity contribution in [3.05, 3.63) is 35.9 Å². The number of hydrogen-bond donors (Lipinski definition) is 1. The Labute approximate surface area is 172 Å². The smallest absolute Gasteiger partial charge is 0.176 e. The van der Waals surface area contributed by atoms with Crippen molar-refractivity contribution in [1.82, 2.24) is 5.32 Å². The molecule has 1 aromatic carbocycles. The molecule has 2 nitrogen and oxygen atoms in total. The van der Waals surface area contributed by atoms with Crippen molar-refractivity contribution in [3.8, 4) is 0 Å². The SMILES string of the molecule is CCCCCCCCCCCCCCCC(Cl)NCC(=O)c1ccccc1. The number of carbonyl (C=O) groups excluding carboxylic acids is 1. The summed E-state index contributed by atoms with van der Waals surface area (Å²) < 4.78 is 0.